The maximum Gasteiger partial charge on any atom is 0.349 e. The third kappa shape index (κ3) is 5.27. The summed E-state index contributed by atoms with van der Waals surface area (Å²) in [5.74, 6) is -0.597. The van der Waals surface area contributed by atoms with E-state index >= 15 is 0 Å². The lowest BCUT2D eigenvalue weighted by molar-refractivity contribution is -0.152. The van der Waals surface area contributed by atoms with Gasteiger partial charge in [-0.1, -0.05) is 36.4 Å². The predicted octanol–water partition coefficient (Wildman–Crippen LogP) is 4.87. The van der Waals surface area contributed by atoms with Gasteiger partial charge in [0.1, 0.15) is 5.75 Å². The molecule has 3 aromatic carbocycles. The summed E-state index contributed by atoms with van der Waals surface area (Å²) < 4.78 is 10.2. The molecular weight excluding hydrogens is 384 g/mol. The Morgan fingerprint density at radius 3 is 1.72 bits per heavy atom. The minimum absolute atomic E-state index is 0.276. The minimum Gasteiger partial charge on any atom is -0.454 e. The Hall–Kier alpha value is -3.05. The monoisotopic (exact) mass is 407 g/mol. The number of rotatable bonds is 6. The van der Waals surface area contributed by atoms with Crippen molar-refractivity contribution in [3.05, 3.63) is 83.9 Å². The lowest BCUT2D eigenvalue weighted by Crippen LogP contribution is -2.18. The van der Waals surface area contributed by atoms with Gasteiger partial charge in [-0.3, -0.25) is 4.79 Å². The number of hydrogen-bond acceptors (Lipinski definition) is 4. The van der Waals surface area contributed by atoms with Gasteiger partial charge in [-0.15, -0.1) is 0 Å². The number of carbonyl (C=O) groups is 2. The molecule has 0 saturated carbocycles. The first kappa shape index (κ1) is 20.7. The highest BCUT2D eigenvalue weighted by Crippen LogP contribution is 2.35. The number of aryl methyl sites for hydroxylation is 2. The van der Waals surface area contributed by atoms with Crippen molar-refractivity contribution in [1.82, 2.24) is 0 Å². The molecule has 4 nitrogen and oxygen atoms in total. The molecule has 148 valence electrons. The van der Waals surface area contributed by atoms with Crippen LogP contribution in [-0.4, -0.2) is 18.5 Å². The Labute approximate surface area is 173 Å². The first-order chi connectivity index (χ1) is 14.0. The molecule has 3 aromatic rings. The molecule has 0 spiro atoms. The van der Waals surface area contributed by atoms with E-state index in [1.54, 1.807) is 0 Å². The highest BCUT2D eigenvalue weighted by molar-refractivity contribution is 7.97. The average molecular weight is 408 g/mol. The van der Waals surface area contributed by atoms with Crippen LogP contribution in [-0.2, 0) is 25.2 Å². The van der Waals surface area contributed by atoms with Gasteiger partial charge in [0.2, 0.25) is 0 Å². The van der Waals surface area contributed by atoms with Crippen LogP contribution in [0.3, 0.4) is 0 Å². The molecule has 0 N–H and O–H groups in total. The Balaban J connectivity index is 1.96. The molecule has 0 saturated heterocycles. The van der Waals surface area contributed by atoms with Crippen molar-refractivity contribution in [2.45, 2.75) is 35.5 Å². The molecule has 0 fully saturated rings. The normalized spacial score (nSPS) is 10.6. The molecule has 29 heavy (non-hydrogen) atoms. The molecule has 0 aliphatic rings. The summed E-state index contributed by atoms with van der Waals surface area (Å²) in [6.07, 6.45) is 0. The van der Waals surface area contributed by atoms with E-state index in [-0.39, 0.29) is 10.9 Å². The van der Waals surface area contributed by atoms with Crippen LogP contribution in [0.1, 0.15) is 18.1 Å². The van der Waals surface area contributed by atoms with E-state index in [4.69, 9.17) is 9.47 Å². The number of hydrogen-bond donors (Lipinski definition) is 0. The second kappa shape index (κ2) is 9.43. The van der Waals surface area contributed by atoms with Crippen molar-refractivity contribution >= 4 is 22.8 Å². The van der Waals surface area contributed by atoms with E-state index in [9.17, 15) is 9.59 Å². The van der Waals surface area contributed by atoms with Crippen LogP contribution < -0.4 is 4.74 Å². The van der Waals surface area contributed by atoms with Crippen LogP contribution >= 0.6 is 0 Å². The van der Waals surface area contributed by atoms with Crippen LogP contribution in [0, 0.1) is 13.8 Å². The number of esters is 2. The third-order valence-electron chi connectivity index (χ3n) is 4.24. The van der Waals surface area contributed by atoms with E-state index in [2.05, 4.69) is 36.4 Å². The summed E-state index contributed by atoms with van der Waals surface area (Å²) >= 11 is 0. The van der Waals surface area contributed by atoms with Gasteiger partial charge in [-0.2, -0.15) is 0 Å². The van der Waals surface area contributed by atoms with E-state index in [1.807, 2.05) is 50.2 Å². The SMILES string of the molecule is CC(=O)OCC(=O)Oc1c(C)cc([S+](c2ccccc2)c2ccccc2)cc1C. The van der Waals surface area contributed by atoms with Gasteiger partial charge in [0, 0.05) is 19.1 Å². The molecule has 0 aliphatic heterocycles. The molecule has 0 radical (unpaired) electrons. The summed E-state index contributed by atoms with van der Waals surface area (Å²) in [6.45, 7) is 4.70. The van der Waals surface area contributed by atoms with E-state index in [0.717, 1.165) is 16.0 Å². The largest absolute Gasteiger partial charge is 0.454 e. The first-order valence-corrected chi connectivity index (χ1v) is 10.5. The predicted molar refractivity (Wildman–Crippen MR) is 113 cm³/mol. The maximum atomic E-state index is 12.0. The topological polar surface area (TPSA) is 52.6 Å². The standard InChI is InChI=1S/C24H23O4S/c1-17-14-22(15-18(2)24(17)28-23(26)16-27-19(3)25)29(20-10-6-4-7-11-20)21-12-8-5-9-13-21/h4-15H,16H2,1-3H3/q+1. The molecule has 3 rings (SSSR count). The number of benzene rings is 3. The number of ether oxygens (including phenoxy) is 2. The molecule has 0 aromatic heterocycles. The second-order valence-electron chi connectivity index (χ2n) is 6.57. The van der Waals surface area contributed by atoms with E-state index in [1.165, 1.54) is 16.7 Å². The molecule has 5 heteroatoms. The molecule has 0 heterocycles. The average Bonchev–Trinajstić information content (AvgIpc) is 2.71. The molecule has 0 atom stereocenters. The maximum absolute atomic E-state index is 12.0. The van der Waals surface area contributed by atoms with Crippen molar-refractivity contribution < 1.29 is 19.1 Å². The smallest absolute Gasteiger partial charge is 0.349 e. The van der Waals surface area contributed by atoms with Crippen LogP contribution in [0.2, 0.25) is 0 Å². The van der Waals surface area contributed by atoms with Gasteiger partial charge >= 0.3 is 11.9 Å². The minimum atomic E-state index is -0.593. The second-order valence-corrected chi connectivity index (χ2v) is 8.60. The fourth-order valence-electron chi connectivity index (χ4n) is 3.01. The molecule has 0 amide bonds. The number of carbonyl (C=O) groups excluding carboxylic acids is 2. The Morgan fingerprint density at radius 2 is 1.28 bits per heavy atom. The van der Waals surface area contributed by atoms with Gasteiger partial charge in [-0.25, -0.2) is 4.79 Å². The molecular formula is C24H23O4S+. The third-order valence-corrected chi connectivity index (χ3v) is 6.43. The summed E-state index contributed by atoms with van der Waals surface area (Å²) in [7, 11) is -0.276. The van der Waals surface area contributed by atoms with Crippen LogP contribution in [0.4, 0.5) is 0 Å². The van der Waals surface area contributed by atoms with Crippen LogP contribution in [0.15, 0.2) is 87.5 Å². The summed E-state index contributed by atoms with van der Waals surface area (Å²) in [4.78, 5) is 26.5. The van der Waals surface area contributed by atoms with E-state index in [0.29, 0.717) is 5.75 Å². The summed E-state index contributed by atoms with van der Waals surface area (Å²) in [5, 5.41) is 0. The van der Waals surface area contributed by atoms with Crippen LogP contribution in [0.5, 0.6) is 5.75 Å². The molecule has 0 aliphatic carbocycles. The highest BCUT2D eigenvalue weighted by Gasteiger charge is 2.29. The summed E-state index contributed by atoms with van der Waals surface area (Å²) in [5.41, 5.74) is 1.72. The van der Waals surface area contributed by atoms with E-state index < -0.39 is 18.5 Å². The highest BCUT2D eigenvalue weighted by atomic mass is 32.2. The fraction of sp³-hybridized carbons (Fsp3) is 0.167. The zero-order valence-corrected chi connectivity index (χ0v) is 17.5. The van der Waals surface area contributed by atoms with Gasteiger partial charge in [-0.05, 0) is 49.2 Å². The lowest BCUT2D eigenvalue weighted by atomic mass is 10.1. The van der Waals surface area contributed by atoms with Crippen molar-refractivity contribution in [3.8, 4) is 5.75 Å². The van der Waals surface area contributed by atoms with Crippen molar-refractivity contribution in [3.63, 3.8) is 0 Å². The fourth-order valence-corrected chi connectivity index (χ4v) is 5.28. The zero-order chi connectivity index (χ0) is 20.8. The van der Waals surface area contributed by atoms with Gasteiger partial charge < -0.3 is 9.47 Å². The quantitative estimate of drug-likeness (QED) is 0.332. The Bertz CT molecular complexity index is 937. The van der Waals surface area contributed by atoms with Crippen molar-refractivity contribution in [2.24, 2.45) is 0 Å². The first-order valence-electron chi connectivity index (χ1n) is 9.25. The van der Waals surface area contributed by atoms with Crippen molar-refractivity contribution in [1.29, 1.82) is 0 Å². The Morgan fingerprint density at radius 1 is 0.793 bits per heavy atom. The van der Waals surface area contributed by atoms with Crippen LogP contribution in [0.25, 0.3) is 0 Å². The summed E-state index contributed by atoms with van der Waals surface area (Å²) in [6, 6.07) is 24.9. The Kier molecular flexibility index (Phi) is 6.73. The zero-order valence-electron chi connectivity index (χ0n) is 16.7. The lowest BCUT2D eigenvalue weighted by Gasteiger charge is -2.14. The molecule has 0 bridgehead atoms. The van der Waals surface area contributed by atoms with Crippen molar-refractivity contribution in [2.75, 3.05) is 6.61 Å². The molecule has 0 unspecified atom stereocenters. The van der Waals surface area contributed by atoms with Gasteiger partial charge in [0.05, 0.1) is 10.9 Å². The van der Waals surface area contributed by atoms with Gasteiger partial charge in [0.25, 0.3) is 0 Å². The van der Waals surface area contributed by atoms with Gasteiger partial charge in [0.15, 0.2) is 21.3 Å².